The largest absolute Gasteiger partial charge is 0.378 e. The Balaban J connectivity index is 1.80. The van der Waals surface area contributed by atoms with Crippen LogP contribution in [0.15, 0.2) is 54.9 Å². The third-order valence-corrected chi connectivity index (χ3v) is 4.60. The molecule has 0 radical (unpaired) electrons. The first-order chi connectivity index (χ1) is 9.83. The van der Waals surface area contributed by atoms with Gasteiger partial charge in [-0.05, 0) is 47.7 Å². The van der Waals surface area contributed by atoms with Crippen LogP contribution in [0.5, 0.6) is 0 Å². The van der Waals surface area contributed by atoms with Gasteiger partial charge in [0, 0.05) is 29.0 Å². The van der Waals surface area contributed by atoms with Crippen molar-refractivity contribution in [1.29, 1.82) is 0 Å². The van der Waals surface area contributed by atoms with E-state index in [1.807, 2.05) is 24.5 Å². The highest BCUT2D eigenvalue weighted by Gasteiger charge is 2.37. The average Bonchev–Trinajstić information content (AvgIpc) is 2.97. The van der Waals surface area contributed by atoms with Crippen LogP contribution < -0.4 is 5.32 Å². The van der Waals surface area contributed by atoms with E-state index in [1.54, 1.807) is 0 Å². The standard InChI is InChI=1S/C17H15ClN2/c18-12-6-7-16-15(9-12)13-4-1-5-14(13)17(20-16)11-3-2-8-19-10-11/h1-4,6-10,13-14,17,20H,5H2/t13-,14+,17-/m0/s1. The monoisotopic (exact) mass is 282 g/mol. The molecule has 3 heteroatoms. The molecule has 1 N–H and O–H groups in total. The molecule has 20 heavy (non-hydrogen) atoms. The Hall–Kier alpha value is -1.80. The summed E-state index contributed by atoms with van der Waals surface area (Å²) in [5, 5.41) is 4.48. The zero-order valence-electron chi connectivity index (χ0n) is 11.0. The van der Waals surface area contributed by atoms with Crippen molar-refractivity contribution in [3.63, 3.8) is 0 Å². The number of allylic oxidation sites excluding steroid dienone is 2. The number of anilines is 1. The molecule has 0 fully saturated rings. The van der Waals surface area contributed by atoms with Gasteiger partial charge >= 0.3 is 0 Å². The van der Waals surface area contributed by atoms with Crippen molar-refractivity contribution in [2.45, 2.75) is 18.4 Å². The van der Waals surface area contributed by atoms with E-state index in [0.29, 0.717) is 17.9 Å². The number of benzene rings is 1. The Morgan fingerprint density at radius 3 is 3.05 bits per heavy atom. The first-order valence-corrected chi connectivity index (χ1v) is 7.33. The lowest BCUT2D eigenvalue weighted by Gasteiger charge is -2.37. The summed E-state index contributed by atoms with van der Waals surface area (Å²) >= 11 is 6.16. The zero-order valence-corrected chi connectivity index (χ0v) is 11.7. The Kier molecular flexibility index (Phi) is 2.78. The van der Waals surface area contributed by atoms with E-state index in [1.165, 1.54) is 16.8 Å². The van der Waals surface area contributed by atoms with E-state index in [-0.39, 0.29) is 0 Å². The molecule has 0 spiro atoms. The fraction of sp³-hybridized carbons (Fsp3) is 0.235. The van der Waals surface area contributed by atoms with Crippen molar-refractivity contribution in [3.8, 4) is 0 Å². The molecule has 2 heterocycles. The summed E-state index contributed by atoms with van der Waals surface area (Å²) < 4.78 is 0. The lowest BCUT2D eigenvalue weighted by atomic mass is 9.77. The van der Waals surface area contributed by atoms with Crippen LogP contribution >= 0.6 is 11.6 Å². The molecular weight excluding hydrogens is 268 g/mol. The van der Waals surface area contributed by atoms with Gasteiger partial charge in [0.05, 0.1) is 6.04 Å². The highest BCUT2D eigenvalue weighted by Crippen LogP contribution is 2.50. The molecule has 1 aliphatic carbocycles. The van der Waals surface area contributed by atoms with Gasteiger partial charge in [-0.3, -0.25) is 4.98 Å². The van der Waals surface area contributed by atoms with E-state index in [2.05, 4.69) is 40.7 Å². The Morgan fingerprint density at radius 1 is 1.25 bits per heavy atom. The molecule has 0 bridgehead atoms. The summed E-state index contributed by atoms with van der Waals surface area (Å²) in [6, 6.07) is 10.6. The normalized spacial score (nSPS) is 26.8. The second kappa shape index (κ2) is 4.64. The van der Waals surface area contributed by atoms with Crippen LogP contribution in [0.1, 0.15) is 29.5 Å². The second-order valence-electron chi connectivity index (χ2n) is 5.49. The van der Waals surface area contributed by atoms with E-state index in [9.17, 15) is 0 Å². The summed E-state index contributed by atoms with van der Waals surface area (Å²) in [7, 11) is 0. The highest BCUT2D eigenvalue weighted by molar-refractivity contribution is 6.30. The minimum Gasteiger partial charge on any atom is -0.378 e. The van der Waals surface area contributed by atoms with Gasteiger partial charge in [-0.2, -0.15) is 0 Å². The molecule has 1 aromatic carbocycles. The van der Waals surface area contributed by atoms with Crippen LogP contribution in [-0.2, 0) is 0 Å². The van der Waals surface area contributed by atoms with E-state index >= 15 is 0 Å². The van der Waals surface area contributed by atoms with Crippen LogP contribution in [0.25, 0.3) is 0 Å². The minimum atomic E-state index is 0.317. The van der Waals surface area contributed by atoms with Crippen LogP contribution in [0, 0.1) is 5.92 Å². The van der Waals surface area contributed by atoms with Crippen LogP contribution in [0.3, 0.4) is 0 Å². The third-order valence-electron chi connectivity index (χ3n) is 4.37. The molecule has 0 amide bonds. The predicted octanol–water partition coefficient (Wildman–Crippen LogP) is 4.56. The zero-order chi connectivity index (χ0) is 13.5. The topological polar surface area (TPSA) is 24.9 Å². The van der Waals surface area contributed by atoms with Gasteiger partial charge < -0.3 is 5.32 Å². The second-order valence-corrected chi connectivity index (χ2v) is 5.93. The van der Waals surface area contributed by atoms with Gasteiger partial charge in [0.1, 0.15) is 0 Å². The van der Waals surface area contributed by atoms with Crippen molar-refractivity contribution in [1.82, 2.24) is 4.98 Å². The number of nitrogens with one attached hydrogen (secondary N) is 1. The molecular formula is C17H15ClN2. The number of halogens is 1. The average molecular weight is 283 g/mol. The van der Waals surface area contributed by atoms with Gasteiger partial charge in [-0.1, -0.05) is 29.8 Å². The van der Waals surface area contributed by atoms with Crippen LogP contribution in [-0.4, -0.2) is 4.98 Å². The van der Waals surface area contributed by atoms with Crippen LogP contribution in [0.4, 0.5) is 5.69 Å². The number of fused-ring (bicyclic) bond motifs is 3. The molecule has 2 nitrogen and oxygen atoms in total. The molecule has 3 atom stereocenters. The number of aromatic nitrogens is 1. The summed E-state index contributed by atoms with van der Waals surface area (Å²) in [5.41, 5.74) is 3.76. The fourth-order valence-corrected chi connectivity index (χ4v) is 3.64. The molecule has 1 aliphatic heterocycles. The summed E-state index contributed by atoms with van der Waals surface area (Å²) in [6.45, 7) is 0. The van der Waals surface area contributed by atoms with Crippen LogP contribution in [0.2, 0.25) is 5.02 Å². The van der Waals surface area contributed by atoms with Gasteiger partial charge in [-0.25, -0.2) is 0 Å². The fourth-order valence-electron chi connectivity index (χ4n) is 3.46. The van der Waals surface area contributed by atoms with Crippen molar-refractivity contribution in [2.24, 2.45) is 5.92 Å². The van der Waals surface area contributed by atoms with Gasteiger partial charge in [0.15, 0.2) is 0 Å². The molecule has 0 saturated carbocycles. The van der Waals surface area contributed by atoms with Gasteiger partial charge in [0.25, 0.3) is 0 Å². The number of hydrogen-bond acceptors (Lipinski definition) is 2. The van der Waals surface area contributed by atoms with Crippen molar-refractivity contribution < 1.29 is 0 Å². The first-order valence-electron chi connectivity index (χ1n) is 6.95. The number of rotatable bonds is 1. The summed E-state index contributed by atoms with van der Waals surface area (Å²) in [5.74, 6) is 1.00. The maximum Gasteiger partial charge on any atom is 0.0569 e. The smallest absolute Gasteiger partial charge is 0.0569 e. The minimum absolute atomic E-state index is 0.317. The Labute approximate surface area is 123 Å². The van der Waals surface area contributed by atoms with Gasteiger partial charge in [0.2, 0.25) is 0 Å². The third kappa shape index (κ3) is 1.83. The summed E-state index contributed by atoms with van der Waals surface area (Å²) in [4.78, 5) is 4.26. The lowest BCUT2D eigenvalue weighted by Crippen LogP contribution is -2.29. The van der Waals surface area contributed by atoms with E-state index in [4.69, 9.17) is 11.6 Å². The van der Waals surface area contributed by atoms with Gasteiger partial charge in [-0.15, -0.1) is 0 Å². The molecule has 1 aromatic heterocycles. The molecule has 2 aromatic rings. The first kappa shape index (κ1) is 12.0. The van der Waals surface area contributed by atoms with Crippen molar-refractivity contribution in [2.75, 3.05) is 5.32 Å². The predicted molar refractivity (Wildman–Crippen MR) is 82.0 cm³/mol. The molecule has 0 unspecified atom stereocenters. The van der Waals surface area contributed by atoms with E-state index in [0.717, 1.165) is 11.4 Å². The number of hydrogen-bond donors (Lipinski definition) is 1. The Morgan fingerprint density at radius 2 is 2.20 bits per heavy atom. The van der Waals surface area contributed by atoms with Crippen molar-refractivity contribution in [3.05, 3.63) is 71.0 Å². The maximum atomic E-state index is 6.16. The molecule has 0 saturated heterocycles. The molecule has 100 valence electrons. The summed E-state index contributed by atoms with van der Waals surface area (Å²) in [6.07, 6.45) is 9.50. The van der Waals surface area contributed by atoms with Crippen molar-refractivity contribution >= 4 is 17.3 Å². The quantitative estimate of drug-likeness (QED) is 0.776. The molecule has 2 aliphatic rings. The maximum absolute atomic E-state index is 6.16. The lowest BCUT2D eigenvalue weighted by molar-refractivity contribution is 0.425. The SMILES string of the molecule is Clc1ccc2c(c1)[C@H]1C=CC[C@H]1[C@H](c1cccnc1)N2. The van der Waals surface area contributed by atoms with E-state index < -0.39 is 0 Å². The number of pyridine rings is 1. The highest BCUT2D eigenvalue weighted by atomic mass is 35.5. The Bertz CT molecular complexity index is 666. The molecule has 4 rings (SSSR count). The number of nitrogens with zero attached hydrogens (tertiary/aromatic N) is 1.